The predicted molar refractivity (Wildman–Crippen MR) is 87.1 cm³/mol. The van der Waals surface area contributed by atoms with Crippen LogP contribution in [0.5, 0.6) is 0 Å². The van der Waals surface area contributed by atoms with Crippen molar-refractivity contribution in [2.45, 2.75) is 57.8 Å². The zero-order valence-corrected chi connectivity index (χ0v) is 14.7. The Morgan fingerprint density at radius 1 is 1.42 bits per heavy atom. The van der Waals surface area contributed by atoms with E-state index >= 15 is 0 Å². The fraction of sp³-hybridized carbons (Fsp3) is 0.778. The second kappa shape index (κ2) is 6.48. The highest BCUT2D eigenvalue weighted by Crippen LogP contribution is 2.34. The molecule has 3 aliphatic rings. The summed E-state index contributed by atoms with van der Waals surface area (Å²) >= 11 is 0. The van der Waals surface area contributed by atoms with Crippen LogP contribution in [0.1, 0.15) is 40.0 Å². The highest BCUT2D eigenvalue weighted by atomic mass is 16.6. The van der Waals surface area contributed by atoms with Crippen LogP contribution in [0.4, 0.5) is 0 Å². The third kappa shape index (κ3) is 2.97. The van der Waals surface area contributed by atoms with Gasteiger partial charge >= 0.3 is 11.9 Å². The third-order valence-corrected chi connectivity index (χ3v) is 5.89. The van der Waals surface area contributed by atoms with Gasteiger partial charge < -0.3 is 14.6 Å². The number of carbonyl (C=O) groups is 2. The number of esters is 2. The Labute approximate surface area is 142 Å². The van der Waals surface area contributed by atoms with E-state index in [1.54, 1.807) is 6.92 Å². The zero-order chi connectivity index (χ0) is 17.5. The summed E-state index contributed by atoms with van der Waals surface area (Å²) in [6.45, 7) is 6.99. The summed E-state index contributed by atoms with van der Waals surface area (Å²) in [5.41, 5.74) is -0.642. The van der Waals surface area contributed by atoms with E-state index in [1.165, 1.54) is 6.92 Å². The van der Waals surface area contributed by atoms with Crippen LogP contribution in [0.2, 0.25) is 0 Å². The van der Waals surface area contributed by atoms with Gasteiger partial charge in [-0.05, 0) is 37.7 Å². The van der Waals surface area contributed by atoms with E-state index in [0.29, 0.717) is 12.8 Å². The quantitative estimate of drug-likeness (QED) is 0.574. The summed E-state index contributed by atoms with van der Waals surface area (Å²) in [4.78, 5) is 27.2. The number of carbonyl (C=O) groups excluding carboxylic acids is 2. The molecule has 3 heterocycles. The van der Waals surface area contributed by atoms with Crippen molar-refractivity contribution in [2.24, 2.45) is 11.8 Å². The topological polar surface area (TPSA) is 76.1 Å². The molecule has 24 heavy (non-hydrogen) atoms. The molecule has 0 saturated carbocycles. The average molecular weight is 337 g/mol. The molecule has 0 aromatic carbocycles. The molecule has 5 atom stereocenters. The second-order valence-electron chi connectivity index (χ2n) is 7.45. The molecule has 0 bridgehead atoms. The van der Waals surface area contributed by atoms with E-state index in [0.717, 1.165) is 25.1 Å². The molecule has 134 valence electrons. The van der Waals surface area contributed by atoms with Gasteiger partial charge in [-0.3, -0.25) is 9.69 Å². The smallest absolute Gasteiger partial charge is 0.338 e. The van der Waals surface area contributed by atoms with Crippen molar-refractivity contribution >= 4 is 11.9 Å². The lowest BCUT2D eigenvalue weighted by Crippen LogP contribution is -2.46. The van der Waals surface area contributed by atoms with Crippen LogP contribution >= 0.6 is 0 Å². The largest absolute Gasteiger partial charge is 0.460 e. The Morgan fingerprint density at radius 2 is 2.17 bits per heavy atom. The highest BCUT2D eigenvalue weighted by molar-refractivity contribution is 5.79. The van der Waals surface area contributed by atoms with Gasteiger partial charge in [-0.1, -0.05) is 19.9 Å². The van der Waals surface area contributed by atoms with Gasteiger partial charge in [0.1, 0.15) is 12.7 Å². The maximum absolute atomic E-state index is 12.6. The van der Waals surface area contributed by atoms with E-state index in [2.05, 4.69) is 4.90 Å². The first-order valence-electron chi connectivity index (χ1n) is 8.87. The van der Waals surface area contributed by atoms with Crippen LogP contribution in [0.25, 0.3) is 0 Å². The van der Waals surface area contributed by atoms with Crippen molar-refractivity contribution in [1.29, 1.82) is 0 Å². The Balaban J connectivity index is 1.88. The maximum Gasteiger partial charge on any atom is 0.338 e. The van der Waals surface area contributed by atoms with E-state index in [-0.39, 0.29) is 30.6 Å². The zero-order valence-electron chi connectivity index (χ0n) is 14.7. The minimum absolute atomic E-state index is 0.000977. The van der Waals surface area contributed by atoms with Gasteiger partial charge in [0, 0.05) is 13.1 Å². The van der Waals surface area contributed by atoms with Gasteiger partial charge in [0.05, 0.1) is 12.0 Å². The van der Waals surface area contributed by atoms with Crippen molar-refractivity contribution in [3.8, 4) is 0 Å². The van der Waals surface area contributed by atoms with E-state index < -0.39 is 17.5 Å². The molecule has 0 aliphatic carbocycles. The van der Waals surface area contributed by atoms with E-state index in [9.17, 15) is 14.7 Å². The minimum atomic E-state index is -1.61. The van der Waals surface area contributed by atoms with Gasteiger partial charge in [0.25, 0.3) is 0 Å². The summed E-state index contributed by atoms with van der Waals surface area (Å²) in [5, 5.41) is 10.6. The number of aliphatic hydroxyl groups is 1. The molecule has 3 aliphatic heterocycles. The number of hydrogen-bond acceptors (Lipinski definition) is 6. The monoisotopic (exact) mass is 337 g/mol. The molecule has 5 unspecified atom stereocenters. The summed E-state index contributed by atoms with van der Waals surface area (Å²) in [7, 11) is 0. The standard InChI is InChI=1S/C18H27NO5/c1-4-12-9-11(2)18(3,22)17(21)23-10-13-5-7-19-8-6-14(15(13)19)24-16(12)20/h5,11-12,14-15,22H,4,6-10H2,1-3H3. The van der Waals surface area contributed by atoms with Crippen molar-refractivity contribution in [2.75, 3.05) is 19.7 Å². The molecular weight excluding hydrogens is 310 g/mol. The van der Waals surface area contributed by atoms with Gasteiger partial charge in [-0.15, -0.1) is 0 Å². The molecule has 3 rings (SSSR count). The normalized spacial score (nSPS) is 40.9. The first kappa shape index (κ1) is 17.4. The van der Waals surface area contributed by atoms with Crippen LogP contribution in [0, 0.1) is 11.8 Å². The summed E-state index contributed by atoms with van der Waals surface area (Å²) in [5.74, 6) is -1.54. The lowest BCUT2D eigenvalue weighted by molar-refractivity contribution is -0.171. The average Bonchev–Trinajstić information content (AvgIpc) is 3.12. The Bertz CT molecular complexity index is 556. The molecule has 0 amide bonds. The van der Waals surface area contributed by atoms with Gasteiger partial charge in [-0.25, -0.2) is 4.79 Å². The fourth-order valence-electron chi connectivity index (χ4n) is 3.95. The third-order valence-electron chi connectivity index (χ3n) is 5.89. The SMILES string of the molecule is CCC1CC(C)C(C)(O)C(=O)OCC2=CCN3CCC(OC1=O)C23. The molecule has 2 saturated heterocycles. The van der Waals surface area contributed by atoms with Crippen LogP contribution < -0.4 is 0 Å². The number of nitrogens with zero attached hydrogens (tertiary/aromatic N) is 1. The van der Waals surface area contributed by atoms with Gasteiger partial charge in [0.2, 0.25) is 0 Å². The van der Waals surface area contributed by atoms with Crippen molar-refractivity contribution in [1.82, 2.24) is 4.90 Å². The summed E-state index contributed by atoms with van der Waals surface area (Å²) in [6, 6.07) is 0.000977. The number of cyclic esters (lactones) is 1. The second-order valence-corrected chi connectivity index (χ2v) is 7.45. The van der Waals surface area contributed by atoms with E-state index in [4.69, 9.17) is 9.47 Å². The van der Waals surface area contributed by atoms with Crippen molar-refractivity contribution in [3.05, 3.63) is 11.6 Å². The molecule has 0 aromatic rings. The van der Waals surface area contributed by atoms with Gasteiger partial charge in [-0.2, -0.15) is 0 Å². The van der Waals surface area contributed by atoms with E-state index in [1.807, 2.05) is 13.0 Å². The molecule has 6 nitrogen and oxygen atoms in total. The number of ether oxygens (including phenoxy) is 2. The Hall–Kier alpha value is -1.40. The summed E-state index contributed by atoms with van der Waals surface area (Å²) in [6.07, 6.45) is 3.71. The number of hydrogen-bond donors (Lipinski definition) is 1. The van der Waals surface area contributed by atoms with Gasteiger partial charge in [0.15, 0.2) is 5.60 Å². The maximum atomic E-state index is 12.6. The van der Waals surface area contributed by atoms with Crippen LogP contribution in [0.3, 0.4) is 0 Å². The molecule has 0 radical (unpaired) electrons. The number of rotatable bonds is 1. The lowest BCUT2D eigenvalue weighted by atomic mass is 9.82. The fourth-order valence-corrected chi connectivity index (χ4v) is 3.95. The predicted octanol–water partition coefficient (Wildman–Crippen LogP) is 1.27. The highest BCUT2D eigenvalue weighted by Gasteiger charge is 2.45. The molecule has 2 fully saturated rings. The van der Waals surface area contributed by atoms with Crippen LogP contribution in [-0.2, 0) is 19.1 Å². The molecule has 0 spiro atoms. The Morgan fingerprint density at radius 3 is 2.88 bits per heavy atom. The van der Waals surface area contributed by atoms with Crippen molar-refractivity contribution < 1.29 is 24.2 Å². The lowest BCUT2D eigenvalue weighted by Gasteiger charge is -2.32. The summed E-state index contributed by atoms with van der Waals surface area (Å²) < 4.78 is 11.2. The molecule has 6 heteroatoms. The molecular formula is C18H27NO5. The first-order chi connectivity index (χ1) is 11.3. The molecule has 0 aromatic heterocycles. The Kier molecular flexibility index (Phi) is 4.71. The van der Waals surface area contributed by atoms with Crippen molar-refractivity contribution in [3.63, 3.8) is 0 Å². The first-order valence-corrected chi connectivity index (χ1v) is 8.87. The molecule has 1 N–H and O–H groups in total. The minimum Gasteiger partial charge on any atom is -0.460 e. The van der Waals surface area contributed by atoms with Crippen LogP contribution in [0.15, 0.2) is 11.6 Å². The van der Waals surface area contributed by atoms with Crippen LogP contribution in [-0.4, -0.2) is 59.4 Å².